The second kappa shape index (κ2) is 8.72. The van der Waals surface area contributed by atoms with Crippen molar-refractivity contribution in [2.75, 3.05) is 10.2 Å². The normalized spacial score (nSPS) is 23.8. The molecule has 0 radical (unpaired) electrons. The summed E-state index contributed by atoms with van der Waals surface area (Å²) in [6.07, 6.45) is 0. The molecule has 0 unspecified atom stereocenters. The van der Waals surface area contributed by atoms with E-state index in [9.17, 15) is 24.3 Å². The van der Waals surface area contributed by atoms with E-state index < -0.39 is 28.0 Å². The number of rotatable bonds is 4. The van der Waals surface area contributed by atoms with Crippen molar-refractivity contribution in [2.24, 2.45) is 11.8 Å². The van der Waals surface area contributed by atoms with E-state index in [1.165, 1.54) is 23.1 Å². The van der Waals surface area contributed by atoms with Crippen molar-refractivity contribution in [2.45, 2.75) is 10.2 Å². The first kappa shape index (κ1) is 24.5. The third-order valence-corrected chi connectivity index (χ3v) is 9.63. The highest BCUT2D eigenvalue weighted by molar-refractivity contribution is 9.09. The summed E-state index contributed by atoms with van der Waals surface area (Å²) in [7, 11) is 0. The average molecular weight is 593 g/mol. The quantitative estimate of drug-likeness (QED) is 0.239. The summed E-state index contributed by atoms with van der Waals surface area (Å²) in [4.78, 5) is 54.2. The first-order valence-electron chi connectivity index (χ1n) is 12.8. The van der Waals surface area contributed by atoms with Gasteiger partial charge < -0.3 is 10.4 Å². The fourth-order valence-electron chi connectivity index (χ4n) is 6.69. The number of aromatic carboxylic acids is 1. The van der Waals surface area contributed by atoms with Crippen LogP contribution in [-0.2, 0) is 13.9 Å². The highest BCUT2D eigenvalue weighted by Crippen LogP contribution is 2.66. The van der Waals surface area contributed by atoms with Crippen molar-refractivity contribution in [3.8, 4) is 0 Å². The third-order valence-electron chi connectivity index (χ3n) is 8.29. The number of carbonyl (C=O) groups excluding carboxylic acids is 3. The summed E-state index contributed by atoms with van der Waals surface area (Å²) in [6.45, 7) is 0. The topological polar surface area (TPSA) is 104 Å². The number of nitrogens with one attached hydrogen (secondary N) is 1. The predicted octanol–water partition coefficient (Wildman–Crippen LogP) is 5.54. The number of amides is 3. The zero-order valence-electron chi connectivity index (χ0n) is 20.9. The summed E-state index contributed by atoms with van der Waals surface area (Å²) in [6, 6.07) is 28.3. The highest BCUT2D eigenvalue weighted by Gasteiger charge is 2.67. The molecule has 3 aliphatic carbocycles. The molecule has 7 nitrogen and oxygen atoms in total. The number of nitrogens with zero attached hydrogens (tertiary/aromatic N) is 1. The lowest BCUT2D eigenvalue weighted by molar-refractivity contribution is -0.122. The van der Waals surface area contributed by atoms with Crippen LogP contribution < -0.4 is 10.2 Å². The van der Waals surface area contributed by atoms with E-state index >= 15 is 0 Å². The molecule has 1 saturated heterocycles. The second-order valence-electron chi connectivity index (χ2n) is 10.2. The van der Waals surface area contributed by atoms with Gasteiger partial charge in [0.15, 0.2) is 0 Å². The lowest BCUT2D eigenvalue weighted by atomic mass is 9.55. The van der Waals surface area contributed by atoms with Crippen LogP contribution in [0.4, 0.5) is 11.4 Å². The molecule has 1 heterocycles. The smallest absolute Gasteiger partial charge is 0.337 e. The van der Waals surface area contributed by atoms with E-state index in [1.807, 2.05) is 48.5 Å². The van der Waals surface area contributed by atoms with Crippen LogP contribution in [0.5, 0.6) is 0 Å². The second-order valence-corrected chi connectivity index (χ2v) is 11.5. The van der Waals surface area contributed by atoms with Crippen LogP contribution in [0.3, 0.4) is 0 Å². The van der Waals surface area contributed by atoms with E-state index in [2.05, 4.69) is 21.2 Å². The molecule has 2 atom stereocenters. The Morgan fingerprint density at radius 3 is 2.10 bits per heavy atom. The molecule has 4 aromatic rings. The number of imide groups is 1. The molecule has 196 valence electrons. The third kappa shape index (κ3) is 3.23. The monoisotopic (exact) mass is 592 g/mol. The number of carbonyl (C=O) groups is 4. The van der Waals surface area contributed by atoms with Gasteiger partial charge in [-0.1, -0.05) is 82.7 Å². The molecule has 2 N–H and O–H groups in total. The molecule has 0 aromatic heterocycles. The van der Waals surface area contributed by atoms with Crippen LogP contribution in [0.25, 0.3) is 0 Å². The van der Waals surface area contributed by atoms with Gasteiger partial charge in [-0.15, -0.1) is 0 Å². The standard InChI is InChI=1S/C32H21BrN2O5/c33-32-22-13-4-1-10-19(22)25(20-11-2-5-14-23(20)32)26-27(32)30(38)35(29(26)37)18-9-7-8-17(16-18)28(36)34-24-15-6-3-12-21(24)31(39)40/h1-16,25-27H,(H,34,36)(H,39,40)/t25?,26-,27+,32?/m1/s1. The van der Waals surface area contributed by atoms with Crippen molar-refractivity contribution in [1.29, 1.82) is 0 Å². The van der Waals surface area contributed by atoms with Gasteiger partial charge in [0.1, 0.15) is 0 Å². The number of para-hydroxylation sites is 1. The fraction of sp³-hybridized carbons (Fsp3) is 0.125. The van der Waals surface area contributed by atoms with Crippen LogP contribution in [0.2, 0.25) is 0 Å². The van der Waals surface area contributed by atoms with Crippen molar-refractivity contribution in [3.05, 3.63) is 130 Å². The maximum Gasteiger partial charge on any atom is 0.337 e. The van der Waals surface area contributed by atoms with Gasteiger partial charge in [-0.25, -0.2) is 9.69 Å². The van der Waals surface area contributed by atoms with Gasteiger partial charge in [-0.2, -0.15) is 0 Å². The molecule has 1 aliphatic heterocycles. The number of carboxylic acid groups (broad SMARTS) is 1. The summed E-state index contributed by atoms with van der Waals surface area (Å²) >= 11 is 3.99. The number of hydrogen-bond acceptors (Lipinski definition) is 4. The number of anilines is 2. The van der Waals surface area contributed by atoms with Crippen LogP contribution in [0.15, 0.2) is 97.1 Å². The van der Waals surface area contributed by atoms with Crippen LogP contribution in [0.1, 0.15) is 48.9 Å². The maximum atomic E-state index is 14.2. The number of halogens is 1. The van der Waals surface area contributed by atoms with Gasteiger partial charge in [0.25, 0.3) is 5.91 Å². The van der Waals surface area contributed by atoms with E-state index in [0.29, 0.717) is 5.69 Å². The molecule has 0 spiro atoms. The first-order valence-corrected chi connectivity index (χ1v) is 13.6. The molecular formula is C32H21BrN2O5. The van der Waals surface area contributed by atoms with Crippen LogP contribution >= 0.6 is 15.9 Å². The van der Waals surface area contributed by atoms with Crippen molar-refractivity contribution >= 4 is 51.0 Å². The van der Waals surface area contributed by atoms with Gasteiger partial charge >= 0.3 is 5.97 Å². The van der Waals surface area contributed by atoms with Gasteiger partial charge in [0.2, 0.25) is 11.8 Å². The van der Waals surface area contributed by atoms with Gasteiger partial charge in [-0.05, 0) is 52.6 Å². The van der Waals surface area contributed by atoms with Crippen LogP contribution in [0, 0.1) is 11.8 Å². The highest BCUT2D eigenvalue weighted by atomic mass is 79.9. The summed E-state index contributed by atoms with van der Waals surface area (Å²) in [5.74, 6) is -3.87. The Balaban J connectivity index is 1.28. The number of hydrogen-bond donors (Lipinski definition) is 2. The molecule has 1 fully saturated rings. The lowest BCUT2D eigenvalue weighted by Gasteiger charge is -2.51. The first-order chi connectivity index (χ1) is 19.3. The Bertz CT molecular complexity index is 1740. The van der Waals surface area contributed by atoms with Crippen molar-refractivity contribution < 1.29 is 24.3 Å². The zero-order chi connectivity index (χ0) is 27.8. The summed E-state index contributed by atoms with van der Waals surface area (Å²) in [5, 5.41) is 12.1. The molecule has 40 heavy (non-hydrogen) atoms. The van der Waals surface area contributed by atoms with Gasteiger partial charge in [-0.3, -0.25) is 14.4 Å². The summed E-state index contributed by atoms with van der Waals surface area (Å²) < 4.78 is -0.864. The molecule has 8 rings (SSSR count). The lowest BCUT2D eigenvalue weighted by Crippen LogP contribution is -2.50. The van der Waals surface area contributed by atoms with E-state index in [-0.39, 0.29) is 34.5 Å². The molecule has 8 heteroatoms. The Morgan fingerprint density at radius 1 is 0.800 bits per heavy atom. The van der Waals surface area contributed by atoms with Crippen molar-refractivity contribution in [3.63, 3.8) is 0 Å². The van der Waals surface area contributed by atoms with Gasteiger partial charge in [0, 0.05) is 11.5 Å². The average Bonchev–Trinajstić information content (AvgIpc) is 3.24. The molecule has 2 bridgehead atoms. The number of carboxylic acids is 1. The number of benzene rings is 4. The molecule has 4 aliphatic rings. The Hall–Kier alpha value is -4.56. The van der Waals surface area contributed by atoms with Crippen molar-refractivity contribution in [1.82, 2.24) is 0 Å². The fourth-order valence-corrected chi connectivity index (χ4v) is 7.90. The molecular weight excluding hydrogens is 572 g/mol. The SMILES string of the molecule is O=C(Nc1ccccc1C(=O)O)c1cccc(N2C(=O)[C@@H]3C4c5ccccc5C(Br)(c5ccccc54)[C@@H]3C2=O)c1. The molecule has 0 saturated carbocycles. The maximum absolute atomic E-state index is 14.2. The Labute approximate surface area is 237 Å². The Morgan fingerprint density at radius 2 is 1.43 bits per heavy atom. The number of alkyl halides is 1. The largest absolute Gasteiger partial charge is 0.478 e. The van der Waals surface area contributed by atoms with E-state index in [4.69, 9.17) is 0 Å². The predicted molar refractivity (Wildman–Crippen MR) is 152 cm³/mol. The Kier molecular flexibility index (Phi) is 5.34. The van der Waals surface area contributed by atoms with Crippen LogP contribution in [-0.4, -0.2) is 28.8 Å². The zero-order valence-corrected chi connectivity index (χ0v) is 22.5. The molecule has 4 aromatic carbocycles. The minimum atomic E-state index is -1.17. The van der Waals surface area contributed by atoms with E-state index in [1.54, 1.807) is 30.3 Å². The minimum absolute atomic E-state index is 0.0433. The van der Waals surface area contributed by atoms with Gasteiger partial charge in [0.05, 0.1) is 33.1 Å². The summed E-state index contributed by atoms with van der Waals surface area (Å²) in [5.41, 5.74) is 4.65. The minimum Gasteiger partial charge on any atom is -0.478 e. The van der Waals surface area contributed by atoms with E-state index in [0.717, 1.165) is 22.3 Å². The molecule has 3 amide bonds.